The number of allylic oxidation sites excluding steroid dienone is 2. The van der Waals surface area contributed by atoms with Crippen LogP contribution in [0.4, 0.5) is 38.4 Å². The van der Waals surface area contributed by atoms with Gasteiger partial charge in [-0.15, -0.1) is 45.3 Å². The third kappa shape index (κ3) is 25.5. The number of carbonyl (C=O) groups excluding carboxylic acids is 6. The number of Topliss-reactive ketones (excluding diaryl/α,β-unsaturated/α-hetero) is 2. The molecule has 5 unspecified atom stereocenters. The molecule has 0 saturated heterocycles. The second-order valence-corrected chi connectivity index (χ2v) is 40.0. The second-order valence-electron chi connectivity index (χ2n) is 31.2. The number of nitrogens with two attached hydrogens (primary N) is 1. The van der Waals surface area contributed by atoms with Crippen LogP contribution < -0.4 is 21.7 Å². The molecule has 0 aliphatic heterocycles. The summed E-state index contributed by atoms with van der Waals surface area (Å²) in [5, 5.41) is 22.5. The molecule has 10 aromatic rings. The maximum atomic E-state index is 12.5. The van der Waals surface area contributed by atoms with Gasteiger partial charge in [0, 0.05) is 78.5 Å². The van der Waals surface area contributed by atoms with Gasteiger partial charge in [0.15, 0.2) is 26.3 Å². The number of aryl methyl sites for hydroxylation is 8. The number of rotatable bonds is 16. The van der Waals surface area contributed by atoms with E-state index >= 15 is 0 Å². The van der Waals surface area contributed by atoms with Crippen LogP contribution in [-0.2, 0) is 112 Å². The maximum absolute atomic E-state index is 12.5. The molecule has 1 fully saturated rings. The average molecular weight is 1610 g/mol. The molecule has 23 nitrogen and oxygen atoms in total. The number of aliphatic hydroxyl groups excluding tert-OH is 1. The number of carbonyl (C=O) groups is 2. The standard InChI is InChI=1S/C22H28N4O3S.C18H22N4S.C16H18N4S.C10H20OSi.C8H12N2S.C7H12O.2CO2/c1-14-5-7-16-20(12-14)30-22(24-16)25-21-23-17-13-15(6-8-18(17)26(21)2)19(28)4-3-10-29-11-9-27;1-4-12-6-8-15-14(10-12)19-17(22(15)3)21-18-20-13-7-5-11(2)9-16(13)23-18;1-10-7-8-12-14(9-10)21-16(18-12)19-15-17-11-5-3-4-6-13(11)20(15)2;1-9-5-7-10(8-6-9)11-12(2,3)4;1-5-2-3-6-7(4-5)11-8(9)10-6;1-6-2-4-7(8)5-3-6;2*2-1-3/h6,8,13-14,27H,3-5,7,9-12H2,1-2H3,(H,23,24,25);6,8,10-11H,4-5,7,9H2,1-3H3,(H,19,20,21);3-6,10H,7-9H2,1-2H3,(H,17,18,19);7,9H,5-6,8H2,1-4H3;5H,2-4H2,1H3,(H2,9,10);6H,2-5H2,1H3;;. The highest BCUT2D eigenvalue weighted by Gasteiger charge is 2.26. The third-order valence-electron chi connectivity index (χ3n) is 20.6. The Morgan fingerprint density at radius 3 is 1.41 bits per heavy atom. The maximum Gasteiger partial charge on any atom is 0.373 e. The van der Waals surface area contributed by atoms with Crippen LogP contribution >= 0.6 is 45.3 Å². The molecule has 0 spiro atoms. The molecule has 0 amide bonds. The fourth-order valence-corrected chi connectivity index (χ4v) is 19.6. The zero-order valence-corrected chi connectivity index (χ0v) is 71.2. The Hall–Kier alpha value is -8.43. The monoisotopic (exact) mass is 1600 g/mol. The highest BCUT2D eigenvalue weighted by Crippen LogP contribution is 2.38. The van der Waals surface area contributed by atoms with Crippen molar-refractivity contribution in [1.82, 2.24) is 48.6 Å². The first-order valence-electron chi connectivity index (χ1n) is 39.2. The van der Waals surface area contributed by atoms with Crippen LogP contribution in [-0.4, -0.2) is 106 Å². The van der Waals surface area contributed by atoms with Crippen LogP contribution in [0.3, 0.4) is 0 Å². The van der Waals surface area contributed by atoms with Gasteiger partial charge in [-0.25, -0.2) is 34.9 Å². The molecule has 7 heterocycles. The first-order chi connectivity index (χ1) is 53.2. The van der Waals surface area contributed by atoms with Crippen molar-refractivity contribution in [3.8, 4) is 0 Å². The van der Waals surface area contributed by atoms with E-state index in [1.807, 2.05) is 55.1 Å². The van der Waals surface area contributed by atoms with Gasteiger partial charge in [-0.3, -0.25) is 9.59 Å². The topological polar surface area (TPSA) is 308 Å². The van der Waals surface area contributed by atoms with Crippen LogP contribution in [0.2, 0.25) is 19.6 Å². The Morgan fingerprint density at radius 1 is 0.541 bits per heavy atom. The minimum atomic E-state index is -1.33. The van der Waals surface area contributed by atoms with Crippen molar-refractivity contribution in [2.75, 3.05) is 41.5 Å². The predicted molar refractivity (Wildman–Crippen MR) is 449 cm³/mol. The zero-order chi connectivity index (χ0) is 79.9. The molecule has 6 aliphatic rings. The lowest BCUT2D eigenvalue weighted by atomic mass is 9.90. The number of nitrogens with one attached hydrogen (secondary N) is 3. The Labute approximate surface area is 669 Å². The molecule has 0 bridgehead atoms. The lowest BCUT2D eigenvalue weighted by Gasteiger charge is -2.25. The molecule has 16 rings (SSSR count). The molecule has 28 heteroatoms. The van der Waals surface area contributed by atoms with E-state index in [0.717, 1.165) is 190 Å². The van der Waals surface area contributed by atoms with E-state index in [9.17, 15) is 9.59 Å². The van der Waals surface area contributed by atoms with Gasteiger partial charge in [0.05, 0.1) is 74.8 Å². The number of hydrogen-bond acceptors (Lipinski definition) is 24. The predicted octanol–water partition coefficient (Wildman–Crippen LogP) is 18.2. The van der Waals surface area contributed by atoms with Crippen molar-refractivity contribution < 1.29 is 43.0 Å². The quantitative estimate of drug-likeness (QED) is 0.0341. The van der Waals surface area contributed by atoms with Crippen molar-refractivity contribution >= 4 is 149 Å². The SMILES string of the molecule is CC1CC=C(O[Si](C)(C)C)CC1.CC1CCC(=O)CC1.CC1CCc2nc(N)sc2C1.CC1CCc2nc(Nc3nc4cc(C(=O)CCCOCCO)ccc4n3C)sc2C1.CC1CCc2nc(Nc3nc4ccccc4n3C)sc2C1.CCc1ccc2c(c1)nc(Nc1nc3c(s1)CC(C)CC3)n2C.O=C=O.O=C=O. The van der Waals surface area contributed by atoms with Crippen molar-refractivity contribution in [1.29, 1.82) is 0 Å². The van der Waals surface area contributed by atoms with E-state index in [1.54, 1.807) is 45.3 Å². The summed E-state index contributed by atoms with van der Waals surface area (Å²) < 4.78 is 17.3. The van der Waals surface area contributed by atoms with Gasteiger partial charge in [0.2, 0.25) is 26.2 Å². The van der Waals surface area contributed by atoms with Crippen LogP contribution in [0.15, 0.2) is 72.5 Å². The molecular formula is C83H112N14O9S4Si. The van der Waals surface area contributed by atoms with Gasteiger partial charge in [-0.1, -0.05) is 66.7 Å². The van der Waals surface area contributed by atoms with Gasteiger partial charge < -0.3 is 49.7 Å². The summed E-state index contributed by atoms with van der Waals surface area (Å²) in [5.41, 5.74) is 18.7. The van der Waals surface area contributed by atoms with E-state index in [1.165, 1.54) is 98.6 Å². The summed E-state index contributed by atoms with van der Waals surface area (Å²) in [5.74, 6) is 9.00. The van der Waals surface area contributed by atoms with Crippen molar-refractivity contribution in [2.45, 2.75) is 209 Å². The third-order valence-corrected chi connectivity index (χ3v) is 25.5. The average Bonchev–Trinajstić information content (AvgIpc) is 1.65. The Morgan fingerprint density at radius 2 is 0.964 bits per heavy atom. The van der Waals surface area contributed by atoms with E-state index in [2.05, 4.69) is 141 Å². The van der Waals surface area contributed by atoms with Gasteiger partial charge in [0.25, 0.3) is 0 Å². The molecule has 0 radical (unpaired) electrons. The molecule has 596 valence electrons. The molecule has 7 aromatic heterocycles. The Balaban J connectivity index is 0.000000158. The summed E-state index contributed by atoms with van der Waals surface area (Å²) in [7, 11) is 4.72. The van der Waals surface area contributed by atoms with E-state index in [0.29, 0.717) is 37.4 Å². The first kappa shape index (κ1) is 86.5. The molecule has 3 aromatic carbocycles. The van der Waals surface area contributed by atoms with Crippen molar-refractivity contribution in [3.05, 3.63) is 126 Å². The molecule has 111 heavy (non-hydrogen) atoms. The number of nitrogens with zero attached hydrogens (tertiary/aromatic N) is 10. The fourth-order valence-electron chi connectivity index (χ4n) is 14.1. The van der Waals surface area contributed by atoms with Crippen molar-refractivity contribution in [3.63, 3.8) is 0 Å². The molecular weight excluding hydrogens is 1490 g/mol. The molecule has 1 saturated carbocycles. The largest absolute Gasteiger partial charge is 0.548 e. The number of ether oxygens (including phenoxy) is 1. The highest BCUT2D eigenvalue weighted by atomic mass is 32.1. The van der Waals surface area contributed by atoms with Gasteiger partial charge in [0.1, 0.15) is 5.78 Å². The number of nitrogen functional groups attached to an aromatic ring is 1. The van der Waals surface area contributed by atoms with E-state index in [4.69, 9.17) is 64.1 Å². The summed E-state index contributed by atoms with van der Waals surface area (Å²) in [6.07, 6.45) is 26.4. The Kier molecular flexibility index (Phi) is 32.7. The number of benzene rings is 3. The summed E-state index contributed by atoms with van der Waals surface area (Å²) in [6.45, 7) is 23.4. The number of aromatic nitrogens is 10. The number of imidazole rings is 3. The summed E-state index contributed by atoms with van der Waals surface area (Å²) in [6, 6.07) is 20.3. The molecule has 5 atom stereocenters. The van der Waals surface area contributed by atoms with E-state index < -0.39 is 8.32 Å². The van der Waals surface area contributed by atoms with E-state index in [-0.39, 0.29) is 24.7 Å². The summed E-state index contributed by atoms with van der Waals surface area (Å²) >= 11 is 6.94. The summed E-state index contributed by atoms with van der Waals surface area (Å²) in [4.78, 5) is 94.0. The molecule has 6 N–H and O–H groups in total. The zero-order valence-electron chi connectivity index (χ0n) is 66.9. The normalized spacial score (nSPS) is 18.2. The number of aliphatic hydroxyl groups is 1. The number of para-hydroxylation sites is 2. The van der Waals surface area contributed by atoms with Crippen molar-refractivity contribution in [2.24, 2.45) is 56.7 Å². The lowest BCUT2D eigenvalue weighted by molar-refractivity contribution is -0.193. The Bertz CT molecular complexity index is 4790. The number of fused-ring (bicyclic) bond motifs is 7. The first-order valence-corrected chi connectivity index (χ1v) is 45.9. The van der Waals surface area contributed by atoms with Gasteiger partial charge in [-0.2, -0.15) is 19.2 Å². The second kappa shape index (κ2) is 41.9. The highest BCUT2D eigenvalue weighted by molar-refractivity contribution is 7.16. The minimum Gasteiger partial charge on any atom is -0.548 e. The number of hydrogen-bond donors (Lipinski definition) is 5. The lowest BCUT2D eigenvalue weighted by Crippen LogP contribution is -2.25. The number of ketones is 2. The smallest absolute Gasteiger partial charge is 0.373 e. The van der Waals surface area contributed by atoms with Gasteiger partial charge in [-0.05, 0) is 225 Å². The minimum absolute atomic E-state index is 0.00337. The molecule has 6 aliphatic carbocycles. The fraction of sp³-hybridized carbons (Fsp3) is 0.530. The number of anilines is 7. The van der Waals surface area contributed by atoms with Crippen LogP contribution in [0, 0.1) is 35.5 Å². The van der Waals surface area contributed by atoms with Crippen LogP contribution in [0.5, 0.6) is 0 Å². The van der Waals surface area contributed by atoms with Crippen LogP contribution in [0.25, 0.3) is 33.1 Å². The van der Waals surface area contributed by atoms with Crippen LogP contribution in [0.1, 0.15) is 190 Å². The number of thiazole rings is 4. The van der Waals surface area contributed by atoms with Gasteiger partial charge >= 0.3 is 12.3 Å².